The van der Waals surface area contributed by atoms with Crippen LogP contribution in [0.25, 0.3) is 0 Å². The Kier molecular flexibility index (Phi) is 6.46. The molecule has 0 aromatic heterocycles. The number of hydrogen-bond acceptors (Lipinski definition) is 5. The normalized spacial score (nSPS) is 16.7. The number of benzene rings is 2. The van der Waals surface area contributed by atoms with E-state index in [0.717, 1.165) is 11.4 Å². The fraction of sp³-hybridized carbons (Fsp3) is 0.304. The molecule has 2 amide bonds. The van der Waals surface area contributed by atoms with Crippen LogP contribution >= 0.6 is 11.8 Å². The number of rotatable bonds is 4. The van der Waals surface area contributed by atoms with Gasteiger partial charge in [0.05, 0.1) is 6.61 Å². The van der Waals surface area contributed by atoms with Gasteiger partial charge in [-0.2, -0.15) is 0 Å². The van der Waals surface area contributed by atoms with E-state index in [0.29, 0.717) is 54.7 Å². The van der Waals surface area contributed by atoms with Crippen LogP contribution in [-0.4, -0.2) is 55.3 Å². The highest BCUT2D eigenvalue weighted by molar-refractivity contribution is 8.04. The van der Waals surface area contributed by atoms with Gasteiger partial charge in [-0.15, -0.1) is 11.8 Å². The molecule has 1 fully saturated rings. The summed E-state index contributed by atoms with van der Waals surface area (Å²) in [4.78, 5) is 30.1. The molecule has 162 valence electrons. The molecule has 2 heterocycles. The summed E-state index contributed by atoms with van der Waals surface area (Å²) in [6.45, 7) is 4.90. The second-order valence-corrected chi connectivity index (χ2v) is 8.48. The van der Waals surface area contributed by atoms with E-state index in [2.05, 4.69) is 10.2 Å². The predicted molar refractivity (Wildman–Crippen MR) is 121 cm³/mol. The molecule has 1 N–H and O–H groups in total. The Balaban J connectivity index is 1.38. The molecule has 0 saturated carbocycles. The molecular formula is C23H24FN3O3S. The zero-order valence-electron chi connectivity index (χ0n) is 17.3. The number of allylic oxidation sites excluding steroid dienone is 1. The van der Waals surface area contributed by atoms with Crippen molar-refractivity contribution in [1.82, 2.24) is 4.90 Å². The second-order valence-electron chi connectivity index (χ2n) is 7.37. The number of nitrogens with zero attached hydrogens (tertiary/aromatic N) is 2. The number of nitrogens with one attached hydrogen (secondary N) is 1. The maximum Gasteiger partial charge on any atom is 0.265 e. The minimum atomic E-state index is -0.259. The van der Waals surface area contributed by atoms with Crippen LogP contribution in [0.4, 0.5) is 15.8 Å². The van der Waals surface area contributed by atoms with Crippen molar-refractivity contribution in [1.29, 1.82) is 0 Å². The van der Waals surface area contributed by atoms with Gasteiger partial charge in [0.25, 0.3) is 11.8 Å². The average Bonchev–Trinajstić information content (AvgIpc) is 2.80. The zero-order chi connectivity index (χ0) is 21.8. The van der Waals surface area contributed by atoms with Crippen molar-refractivity contribution in [3.63, 3.8) is 0 Å². The maximum atomic E-state index is 13.1. The van der Waals surface area contributed by atoms with E-state index in [1.165, 1.54) is 23.9 Å². The Hall–Kier alpha value is -3.00. The summed E-state index contributed by atoms with van der Waals surface area (Å²) < 4.78 is 18.6. The third kappa shape index (κ3) is 5.02. The van der Waals surface area contributed by atoms with Crippen molar-refractivity contribution in [2.24, 2.45) is 0 Å². The van der Waals surface area contributed by atoms with Gasteiger partial charge in [0.15, 0.2) is 0 Å². The molecule has 2 aliphatic rings. The van der Waals surface area contributed by atoms with Gasteiger partial charge in [-0.25, -0.2) is 4.39 Å². The smallest absolute Gasteiger partial charge is 0.265 e. The van der Waals surface area contributed by atoms with Gasteiger partial charge in [-0.3, -0.25) is 9.59 Å². The SMILES string of the molecule is CC1=C(C(=O)Nc2cccc(C(=O)N3CCN(c4ccc(F)cc4)CC3)c2)SCCO1. The minimum Gasteiger partial charge on any atom is -0.496 e. The van der Waals surface area contributed by atoms with Crippen LogP contribution in [0.5, 0.6) is 0 Å². The molecule has 0 bridgehead atoms. The van der Waals surface area contributed by atoms with Crippen LogP contribution in [0, 0.1) is 5.82 Å². The van der Waals surface area contributed by atoms with Gasteiger partial charge < -0.3 is 19.9 Å². The molecule has 31 heavy (non-hydrogen) atoms. The van der Waals surface area contributed by atoms with E-state index in [9.17, 15) is 14.0 Å². The summed E-state index contributed by atoms with van der Waals surface area (Å²) in [6, 6.07) is 13.4. The number of anilines is 2. The highest BCUT2D eigenvalue weighted by Crippen LogP contribution is 2.27. The van der Waals surface area contributed by atoms with Crippen LogP contribution in [-0.2, 0) is 9.53 Å². The Morgan fingerprint density at radius 2 is 1.81 bits per heavy atom. The van der Waals surface area contributed by atoms with Crippen molar-refractivity contribution < 1.29 is 18.7 Å². The second kappa shape index (κ2) is 9.43. The molecule has 2 aromatic carbocycles. The number of thioether (sulfide) groups is 1. The minimum absolute atomic E-state index is 0.0689. The number of carbonyl (C=O) groups is 2. The highest BCUT2D eigenvalue weighted by Gasteiger charge is 2.23. The summed E-state index contributed by atoms with van der Waals surface area (Å²) >= 11 is 1.47. The van der Waals surface area contributed by atoms with Gasteiger partial charge in [0, 0.05) is 48.9 Å². The quantitative estimate of drug-likeness (QED) is 0.784. The summed E-state index contributed by atoms with van der Waals surface area (Å²) in [5.74, 6) is 0.814. The predicted octanol–water partition coefficient (Wildman–Crippen LogP) is 3.72. The van der Waals surface area contributed by atoms with E-state index in [4.69, 9.17) is 4.74 Å². The zero-order valence-corrected chi connectivity index (χ0v) is 18.1. The topological polar surface area (TPSA) is 61.9 Å². The molecule has 2 aromatic rings. The van der Waals surface area contributed by atoms with Gasteiger partial charge in [-0.05, 0) is 49.4 Å². The molecule has 0 unspecified atom stereocenters. The Labute approximate surface area is 185 Å². The first kappa shape index (κ1) is 21.2. The van der Waals surface area contributed by atoms with Crippen LogP contribution in [0.1, 0.15) is 17.3 Å². The first-order valence-electron chi connectivity index (χ1n) is 10.2. The summed E-state index contributed by atoms with van der Waals surface area (Å²) in [7, 11) is 0. The molecule has 0 aliphatic carbocycles. The van der Waals surface area contributed by atoms with E-state index in [1.807, 2.05) is 0 Å². The van der Waals surface area contributed by atoms with Gasteiger partial charge in [-0.1, -0.05) is 6.07 Å². The fourth-order valence-electron chi connectivity index (χ4n) is 3.65. The Bertz CT molecular complexity index is 1000. The fourth-order valence-corrected chi connectivity index (χ4v) is 4.47. The van der Waals surface area contributed by atoms with Crippen molar-refractivity contribution in [3.05, 3.63) is 70.6 Å². The van der Waals surface area contributed by atoms with Gasteiger partial charge in [0.2, 0.25) is 0 Å². The van der Waals surface area contributed by atoms with Gasteiger partial charge >= 0.3 is 0 Å². The molecule has 0 spiro atoms. The molecule has 0 radical (unpaired) electrons. The molecule has 1 saturated heterocycles. The molecular weight excluding hydrogens is 417 g/mol. The number of amides is 2. The van der Waals surface area contributed by atoms with E-state index >= 15 is 0 Å². The first-order valence-corrected chi connectivity index (χ1v) is 11.2. The van der Waals surface area contributed by atoms with Crippen molar-refractivity contribution in [2.75, 3.05) is 48.8 Å². The van der Waals surface area contributed by atoms with E-state index in [-0.39, 0.29) is 17.6 Å². The Morgan fingerprint density at radius 1 is 1.06 bits per heavy atom. The third-order valence-electron chi connectivity index (χ3n) is 5.30. The molecule has 6 nitrogen and oxygen atoms in total. The molecule has 4 rings (SSSR count). The average molecular weight is 442 g/mol. The molecule has 8 heteroatoms. The Morgan fingerprint density at radius 3 is 2.52 bits per heavy atom. The summed E-state index contributed by atoms with van der Waals surface area (Å²) in [6.07, 6.45) is 0. The number of carbonyl (C=O) groups excluding carboxylic acids is 2. The van der Waals surface area contributed by atoms with Gasteiger partial charge in [0.1, 0.15) is 16.5 Å². The lowest BCUT2D eigenvalue weighted by Gasteiger charge is -2.36. The van der Waals surface area contributed by atoms with Crippen LogP contribution in [0.2, 0.25) is 0 Å². The monoisotopic (exact) mass is 441 g/mol. The first-order chi connectivity index (χ1) is 15.0. The third-order valence-corrected chi connectivity index (χ3v) is 6.43. The lowest BCUT2D eigenvalue weighted by Crippen LogP contribution is -2.48. The van der Waals surface area contributed by atoms with E-state index in [1.54, 1.807) is 48.2 Å². The van der Waals surface area contributed by atoms with Crippen LogP contribution in [0.15, 0.2) is 59.2 Å². The molecule has 0 atom stereocenters. The number of piperazine rings is 1. The lowest BCUT2D eigenvalue weighted by atomic mass is 10.1. The summed E-state index contributed by atoms with van der Waals surface area (Å²) in [5, 5.41) is 2.87. The molecule has 2 aliphatic heterocycles. The largest absolute Gasteiger partial charge is 0.496 e. The number of halogens is 1. The summed E-state index contributed by atoms with van der Waals surface area (Å²) in [5.41, 5.74) is 2.06. The van der Waals surface area contributed by atoms with Crippen LogP contribution < -0.4 is 10.2 Å². The van der Waals surface area contributed by atoms with E-state index < -0.39 is 0 Å². The standard InChI is InChI=1S/C23H24FN3O3S/c1-16-21(31-14-13-30-16)22(28)25-19-4-2-3-17(15-19)23(29)27-11-9-26(10-12-27)20-7-5-18(24)6-8-20/h2-8,15H,9-14H2,1H3,(H,25,28). The lowest BCUT2D eigenvalue weighted by molar-refractivity contribution is -0.112. The maximum absolute atomic E-state index is 13.1. The van der Waals surface area contributed by atoms with Crippen molar-refractivity contribution >= 4 is 35.0 Å². The number of ether oxygens (including phenoxy) is 1. The van der Waals surface area contributed by atoms with Crippen LogP contribution in [0.3, 0.4) is 0 Å². The number of hydrogen-bond donors (Lipinski definition) is 1. The van der Waals surface area contributed by atoms with Crippen molar-refractivity contribution in [2.45, 2.75) is 6.92 Å². The highest BCUT2D eigenvalue weighted by atomic mass is 32.2. The van der Waals surface area contributed by atoms with Crippen molar-refractivity contribution in [3.8, 4) is 0 Å².